The quantitative estimate of drug-likeness (QED) is 0.393. The number of imidazole rings is 1. The molecule has 0 unspecified atom stereocenters. The van der Waals surface area contributed by atoms with E-state index < -0.39 is 0 Å². The second kappa shape index (κ2) is 7.90. The van der Waals surface area contributed by atoms with Gasteiger partial charge in [-0.15, -0.1) is 10.2 Å². The number of ether oxygens (including phenoxy) is 2. The van der Waals surface area contributed by atoms with E-state index in [0.29, 0.717) is 49.6 Å². The second-order valence-electron chi connectivity index (χ2n) is 5.73. The fourth-order valence-corrected chi connectivity index (χ4v) is 3.77. The van der Waals surface area contributed by atoms with Crippen LogP contribution in [0.25, 0.3) is 17.1 Å². The van der Waals surface area contributed by atoms with Crippen LogP contribution in [0.15, 0.2) is 46.3 Å². The molecule has 0 spiro atoms. The van der Waals surface area contributed by atoms with E-state index >= 15 is 0 Å². The SMILES string of the molecule is COc1cc(OC)cc(-c2nnc(SCc3cn4cc(Cl)cc(Cl)c4n3)o2)c1. The summed E-state index contributed by atoms with van der Waals surface area (Å²) in [6, 6.07) is 7.04. The van der Waals surface area contributed by atoms with E-state index in [1.54, 1.807) is 49.1 Å². The van der Waals surface area contributed by atoms with Crippen molar-refractivity contribution in [2.24, 2.45) is 0 Å². The number of benzene rings is 1. The molecule has 0 atom stereocenters. The molecule has 0 aliphatic rings. The molecule has 28 heavy (non-hydrogen) atoms. The number of methoxy groups -OCH3 is 2. The van der Waals surface area contributed by atoms with Crippen molar-refractivity contribution < 1.29 is 13.9 Å². The van der Waals surface area contributed by atoms with E-state index in [4.69, 9.17) is 37.1 Å². The molecule has 144 valence electrons. The molecule has 0 aliphatic heterocycles. The number of rotatable bonds is 6. The summed E-state index contributed by atoms with van der Waals surface area (Å²) in [4.78, 5) is 4.51. The number of thioether (sulfide) groups is 1. The van der Waals surface area contributed by atoms with Gasteiger partial charge in [-0.25, -0.2) is 4.98 Å². The van der Waals surface area contributed by atoms with Crippen LogP contribution in [0.1, 0.15) is 5.69 Å². The Bertz CT molecular complexity index is 1120. The Morgan fingerprint density at radius 3 is 2.50 bits per heavy atom. The third kappa shape index (κ3) is 3.89. The molecule has 1 aromatic carbocycles. The highest BCUT2D eigenvalue weighted by atomic mass is 35.5. The summed E-state index contributed by atoms with van der Waals surface area (Å²) in [7, 11) is 3.17. The summed E-state index contributed by atoms with van der Waals surface area (Å²) in [5.74, 6) is 2.20. The molecule has 10 heteroatoms. The Morgan fingerprint density at radius 2 is 1.79 bits per heavy atom. The maximum Gasteiger partial charge on any atom is 0.277 e. The molecule has 0 saturated heterocycles. The van der Waals surface area contributed by atoms with Crippen LogP contribution in [0.4, 0.5) is 0 Å². The van der Waals surface area contributed by atoms with Gasteiger partial charge < -0.3 is 18.3 Å². The summed E-state index contributed by atoms with van der Waals surface area (Å²) in [6.07, 6.45) is 3.62. The van der Waals surface area contributed by atoms with Gasteiger partial charge in [-0.05, 0) is 18.2 Å². The first-order valence-corrected chi connectivity index (χ1v) is 9.82. The van der Waals surface area contributed by atoms with E-state index in [1.165, 1.54) is 11.8 Å². The van der Waals surface area contributed by atoms with Gasteiger partial charge in [0.1, 0.15) is 11.5 Å². The summed E-state index contributed by atoms with van der Waals surface area (Å²) in [5.41, 5.74) is 2.18. The first-order valence-electron chi connectivity index (χ1n) is 8.08. The van der Waals surface area contributed by atoms with Crippen LogP contribution < -0.4 is 9.47 Å². The van der Waals surface area contributed by atoms with Gasteiger partial charge in [0.05, 0.1) is 30.0 Å². The maximum atomic E-state index is 6.18. The normalized spacial score (nSPS) is 11.1. The van der Waals surface area contributed by atoms with Crippen molar-refractivity contribution in [1.29, 1.82) is 0 Å². The predicted octanol–water partition coefficient (Wildman–Crippen LogP) is 5.00. The summed E-state index contributed by atoms with van der Waals surface area (Å²) in [5, 5.41) is 9.66. The van der Waals surface area contributed by atoms with Crippen molar-refractivity contribution in [2.75, 3.05) is 14.2 Å². The smallest absolute Gasteiger partial charge is 0.277 e. The molecule has 0 N–H and O–H groups in total. The van der Waals surface area contributed by atoms with Gasteiger partial charge in [-0.1, -0.05) is 35.0 Å². The lowest BCUT2D eigenvalue weighted by Crippen LogP contribution is -1.88. The Hall–Kier alpha value is -2.42. The van der Waals surface area contributed by atoms with Crippen LogP contribution in [-0.2, 0) is 5.75 Å². The molecular formula is C18H14Cl2N4O3S. The molecular weight excluding hydrogens is 423 g/mol. The summed E-state index contributed by atoms with van der Waals surface area (Å²) >= 11 is 13.6. The number of hydrogen-bond donors (Lipinski definition) is 0. The third-order valence-electron chi connectivity index (χ3n) is 3.87. The topological polar surface area (TPSA) is 74.7 Å². The molecule has 0 bridgehead atoms. The second-order valence-corrected chi connectivity index (χ2v) is 7.50. The highest BCUT2D eigenvalue weighted by molar-refractivity contribution is 7.98. The van der Waals surface area contributed by atoms with Crippen LogP contribution in [0.3, 0.4) is 0 Å². The van der Waals surface area contributed by atoms with Crippen molar-refractivity contribution in [3.63, 3.8) is 0 Å². The minimum atomic E-state index is 0.379. The van der Waals surface area contributed by atoms with E-state index in [9.17, 15) is 0 Å². The minimum absolute atomic E-state index is 0.379. The van der Waals surface area contributed by atoms with E-state index in [1.807, 2.05) is 6.20 Å². The Balaban J connectivity index is 1.52. The Labute approximate surface area is 174 Å². The monoisotopic (exact) mass is 436 g/mol. The third-order valence-corrected chi connectivity index (χ3v) is 5.21. The fraction of sp³-hybridized carbons (Fsp3) is 0.167. The van der Waals surface area contributed by atoms with Crippen molar-refractivity contribution in [2.45, 2.75) is 11.0 Å². The first kappa shape index (κ1) is 18.9. The highest BCUT2D eigenvalue weighted by Gasteiger charge is 2.13. The van der Waals surface area contributed by atoms with Crippen LogP contribution in [-0.4, -0.2) is 33.8 Å². The van der Waals surface area contributed by atoms with Gasteiger partial charge in [0, 0.05) is 29.8 Å². The number of nitrogens with zero attached hydrogens (tertiary/aromatic N) is 4. The fourth-order valence-electron chi connectivity index (χ4n) is 2.60. The van der Waals surface area contributed by atoms with Gasteiger partial charge in [-0.2, -0.15) is 0 Å². The van der Waals surface area contributed by atoms with Crippen LogP contribution in [0, 0.1) is 0 Å². The van der Waals surface area contributed by atoms with Gasteiger partial charge >= 0.3 is 0 Å². The number of halogens is 2. The van der Waals surface area contributed by atoms with Gasteiger partial charge in [0.2, 0.25) is 5.89 Å². The van der Waals surface area contributed by atoms with Crippen molar-refractivity contribution in [3.8, 4) is 23.0 Å². The Kier molecular flexibility index (Phi) is 5.34. The Morgan fingerprint density at radius 1 is 1.04 bits per heavy atom. The lowest BCUT2D eigenvalue weighted by Gasteiger charge is -2.05. The highest BCUT2D eigenvalue weighted by Crippen LogP contribution is 2.31. The number of aromatic nitrogens is 4. The van der Waals surface area contributed by atoms with E-state index in [-0.39, 0.29) is 0 Å². The predicted molar refractivity (Wildman–Crippen MR) is 108 cm³/mol. The minimum Gasteiger partial charge on any atom is -0.497 e. The van der Waals surface area contributed by atoms with E-state index in [2.05, 4.69) is 15.2 Å². The summed E-state index contributed by atoms with van der Waals surface area (Å²) < 4.78 is 18.1. The average Bonchev–Trinajstić information content (AvgIpc) is 3.32. The molecule has 4 aromatic rings. The molecule has 4 rings (SSSR count). The van der Waals surface area contributed by atoms with Gasteiger partial charge in [0.15, 0.2) is 5.65 Å². The molecule has 3 aromatic heterocycles. The van der Waals surface area contributed by atoms with Crippen molar-refractivity contribution in [1.82, 2.24) is 19.6 Å². The zero-order valence-electron chi connectivity index (χ0n) is 14.8. The molecule has 0 radical (unpaired) electrons. The molecule has 0 amide bonds. The first-order chi connectivity index (χ1) is 13.6. The summed E-state index contributed by atoms with van der Waals surface area (Å²) in [6.45, 7) is 0. The number of fused-ring (bicyclic) bond motifs is 1. The van der Waals surface area contributed by atoms with Crippen molar-refractivity contribution in [3.05, 3.63) is 52.4 Å². The largest absolute Gasteiger partial charge is 0.497 e. The zero-order valence-corrected chi connectivity index (χ0v) is 17.2. The van der Waals surface area contributed by atoms with Gasteiger partial charge in [-0.3, -0.25) is 0 Å². The maximum absolute atomic E-state index is 6.18. The molecule has 7 nitrogen and oxygen atoms in total. The molecule has 0 aliphatic carbocycles. The molecule has 0 saturated carbocycles. The van der Waals surface area contributed by atoms with E-state index in [0.717, 1.165) is 5.69 Å². The van der Waals surface area contributed by atoms with Crippen LogP contribution >= 0.6 is 35.0 Å². The van der Waals surface area contributed by atoms with Crippen LogP contribution in [0.2, 0.25) is 10.0 Å². The molecule has 3 heterocycles. The average molecular weight is 437 g/mol. The number of pyridine rings is 1. The van der Waals surface area contributed by atoms with Gasteiger partial charge in [0.25, 0.3) is 5.22 Å². The number of hydrogen-bond acceptors (Lipinski definition) is 7. The lowest BCUT2D eigenvalue weighted by molar-refractivity contribution is 0.394. The zero-order chi connectivity index (χ0) is 19.7. The van der Waals surface area contributed by atoms with Crippen LogP contribution in [0.5, 0.6) is 11.5 Å². The van der Waals surface area contributed by atoms with Crippen molar-refractivity contribution >= 4 is 40.6 Å². The molecule has 0 fully saturated rings. The standard InChI is InChI=1S/C18H14Cl2N4O3S/c1-25-13-3-10(4-14(6-13)26-2)17-22-23-18(27-17)28-9-12-8-24-7-11(19)5-15(20)16(24)21-12/h3-8H,9H2,1-2H3. The lowest BCUT2D eigenvalue weighted by atomic mass is 10.2.